The summed E-state index contributed by atoms with van der Waals surface area (Å²) in [5, 5.41) is 26.5. The molecule has 0 bridgehead atoms. The highest BCUT2D eigenvalue weighted by atomic mass is 16.6. The van der Waals surface area contributed by atoms with Gasteiger partial charge in [-0.3, -0.25) is 10.6 Å². The molecule has 0 unspecified atom stereocenters. The Morgan fingerprint density at radius 2 is 0.620 bits per heavy atom. The number of hydrogen-bond acceptors (Lipinski definition) is 13. The van der Waals surface area contributed by atoms with Gasteiger partial charge in [-0.1, -0.05) is 210 Å². The van der Waals surface area contributed by atoms with Crippen molar-refractivity contribution in [2.75, 3.05) is 16.4 Å². The van der Waals surface area contributed by atoms with Gasteiger partial charge in [-0.05, 0) is 212 Å². The zero-order chi connectivity index (χ0) is 74.9. The van der Waals surface area contributed by atoms with Crippen LogP contribution < -0.4 is 21.5 Å². The summed E-state index contributed by atoms with van der Waals surface area (Å²) in [6.07, 6.45) is -1.94. The summed E-state index contributed by atoms with van der Waals surface area (Å²) in [7, 11) is 0. The quantitative estimate of drug-likeness (QED) is 0.0226. The van der Waals surface area contributed by atoms with Crippen LogP contribution in [-0.2, 0) is 14.2 Å². The topological polar surface area (TPSA) is 258 Å². The number of ether oxygens (including phenoxy) is 3. The molecule has 16 heteroatoms. The molecule has 0 saturated heterocycles. The van der Waals surface area contributed by atoms with Crippen LogP contribution in [0.1, 0.15) is 339 Å². The molecule has 0 aromatic heterocycles. The summed E-state index contributed by atoms with van der Waals surface area (Å²) in [5.41, 5.74) is 16.8. The molecule has 0 radical (unpaired) electrons. The summed E-state index contributed by atoms with van der Waals surface area (Å²) in [6, 6.07) is 32.8. The SMILES string of the molecule is C.CC(C)C(c1ccc(N)cc1)C(C)C.CC(C)c1cc(C(=O)O)c(C(=O)OC(=O)Nc2ccc(C(C(C)C)C(C)C)cc2)cc1C(C)C.CC(C)c1cc(C(=O)[O-])c(C(=O)OC(=O)Nc2ccc(C(C(C)C)C(C)C)cc2)cc1C(C)C.CC(C)c1cc2c(cc1C(C)C)C(=O)OC2=O. The summed E-state index contributed by atoms with van der Waals surface area (Å²) < 4.78 is 14.5. The number of hydrogen-bond donors (Lipinski definition) is 4. The predicted octanol–water partition coefficient (Wildman–Crippen LogP) is 21.0. The van der Waals surface area contributed by atoms with E-state index in [1.807, 2.05) is 104 Å². The van der Waals surface area contributed by atoms with Crippen LogP contribution >= 0.6 is 0 Å². The first-order valence-corrected chi connectivity index (χ1v) is 35.0. The van der Waals surface area contributed by atoms with Gasteiger partial charge in [0.2, 0.25) is 0 Å². The van der Waals surface area contributed by atoms with Crippen molar-refractivity contribution in [3.05, 3.63) is 193 Å². The fourth-order valence-corrected chi connectivity index (χ4v) is 13.6. The van der Waals surface area contributed by atoms with E-state index in [1.165, 1.54) is 41.0 Å². The van der Waals surface area contributed by atoms with Gasteiger partial charge in [0.25, 0.3) is 0 Å². The lowest BCUT2D eigenvalue weighted by Crippen LogP contribution is -2.27. The number of benzene rings is 6. The standard InChI is InChI=1S/2C28H37NO5.C14H16O3.C13H21N.CH4/c2*1-15(2)21-13-23(26(30)31)24(14-22(21)16(3)4)27(32)34-28(33)29-20-11-9-19(10-12-20)25(17(5)6)18(7)8;1-7(2)9-5-11-12(6-10(9)8(3)4)14(16)17-13(11)15;1-9(2)13(10(3)4)11-5-7-12(14)8-6-11;/h2*9-18,25H,1-8H3,(H,29,33)(H,30,31);5-8H,1-4H3;5-10,13H,14H2,1-4H3;1H4/p-1. The number of carbonyl (C=O) groups excluding carboxylic acids is 7. The molecule has 1 aliphatic rings. The Bertz CT molecular complexity index is 3540. The van der Waals surface area contributed by atoms with E-state index in [9.17, 15) is 48.6 Å². The summed E-state index contributed by atoms with van der Waals surface area (Å²) >= 11 is 0. The zero-order valence-corrected chi connectivity index (χ0v) is 63.0. The molecule has 1 heterocycles. The second-order valence-corrected chi connectivity index (χ2v) is 29.8. The molecule has 0 atom stereocenters. The molecular weight excluding hydrogens is 1260 g/mol. The number of nitrogens with one attached hydrogen (secondary N) is 2. The van der Waals surface area contributed by atoms with Crippen LogP contribution in [0.3, 0.4) is 0 Å². The van der Waals surface area contributed by atoms with Crippen molar-refractivity contribution in [1.82, 2.24) is 0 Å². The minimum Gasteiger partial charge on any atom is -0.545 e. The number of carbonyl (C=O) groups is 8. The molecule has 0 fully saturated rings. The molecule has 0 spiro atoms. The van der Waals surface area contributed by atoms with Crippen LogP contribution in [0.5, 0.6) is 0 Å². The van der Waals surface area contributed by atoms with Gasteiger partial charge in [0.1, 0.15) is 0 Å². The van der Waals surface area contributed by atoms with E-state index in [0.717, 1.165) is 39.1 Å². The summed E-state index contributed by atoms with van der Waals surface area (Å²) in [4.78, 5) is 96.8. The molecular formula is C84H114N3O13-. The van der Waals surface area contributed by atoms with Crippen LogP contribution in [0.25, 0.3) is 0 Å². The summed E-state index contributed by atoms with van der Waals surface area (Å²) in [5.74, 6) is -0.277. The van der Waals surface area contributed by atoms with Gasteiger partial charge in [-0.25, -0.2) is 33.6 Å². The maximum atomic E-state index is 12.8. The van der Waals surface area contributed by atoms with Crippen LogP contribution in [0.2, 0.25) is 0 Å². The molecule has 0 saturated carbocycles. The Kier molecular flexibility index (Phi) is 32.4. The molecule has 2 amide bonds. The number of carboxylic acid groups (broad SMARTS) is 2. The lowest BCUT2D eigenvalue weighted by atomic mass is 9.80. The minimum atomic E-state index is -1.50. The number of fused-ring (bicyclic) bond motifs is 1. The van der Waals surface area contributed by atoms with E-state index in [2.05, 4.69) is 138 Å². The largest absolute Gasteiger partial charge is 0.545 e. The average molecular weight is 1370 g/mol. The van der Waals surface area contributed by atoms with E-state index in [0.29, 0.717) is 87.6 Å². The first-order chi connectivity index (χ1) is 46.1. The Balaban J connectivity index is 0.000000367. The van der Waals surface area contributed by atoms with E-state index in [1.54, 1.807) is 24.3 Å². The number of cyclic esters (lactones) is 2. The van der Waals surface area contributed by atoms with Gasteiger partial charge in [-0.15, -0.1) is 0 Å². The van der Waals surface area contributed by atoms with Crippen molar-refractivity contribution in [1.29, 1.82) is 0 Å². The van der Waals surface area contributed by atoms with Gasteiger partial charge in [-0.2, -0.15) is 0 Å². The minimum absolute atomic E-state index is 0. The van der Waals surface area contributed by atoms with E-state index in [4.69, 9.17) is 15.2 Å². The maximum Gasteiger partial charge on any atom is 0.419 e. The van der Waals surface area contributed by atoms with E-state index >= 15 is 0 Å². The highest BCUT2D eigenvalue weighted by molar-refractivity contribution is 6.15. The lowest BCUT2D eigenvalue weighted by molar-refractivity contribution is -0.255. The van der Waals surface area contributed by atoms with E-state index < -0.39 is 48.0 Å². The first-order valence-electron chi connectivity index (χ1n) is 35.0. The van der Waals surface area contributed by atoms with Crippen LogP contribution in [0.4, 0.5) is 26.7 Å². The van der Waals surface area contributed by atoms with Gasteiger partial charge in [0.15, 0.2) is 0 Å². The van der Waals surface area contributed by atoms with Gasteiger partial charge in [0.05, 0.1) is 33.8 Å². The Hall–Kier alpha value is -8.92. The number of aromatic carboxylic acids is 2. The Morgan fingerprint density at radius 1 is 0.380 bits per heavy atom. The van der Waals surface area contributed by atoms with Crippen molar-refractivity contribution >= 4 is 65.1 Å². The third kappa shape index (κ3) is 23.1. The Labute approximate surface area is 596 Å². The van der Waals surface area contributed by atoms with Crippen LogP contribution in [-0.4, -0.2) is 53.1 Å². The van der Waals surface area contributed by atoms with Crippen molar-refractivity contribution in [3.63, 3.8) is 0 Å². The molecule has 1 aliphatic heterocycles. The van der Waals surface area contributed by atoms with Crippen molar-refractivity contribution in [3.8, 4) is 0 Å². The maximum absolute atomic E-state index is 12.8. The molecule has 6 aromatic carbocycles. The van der Waals surface area contributed by atoms with Crippen molar-refractivity contribution in [2.24, 2.45) is 35.5 Å². The fourth-order valence-electron chi connectivity index (χ4n) is 13.6. The smallest absolute Gasteiger partial charge is 0.419 e. The molecule has 16 nitrogen and oxygen atoms in total. The van der Waals surface area contributed by atoms with Crippen molar-refractivity contribution in [2.45, 2.75) is 227 Å². The second kappa shape index (κ2) is 38.0. The average Bonchev–Trinajstić information content (AvgIpc) is 1.45. The number of amides is 2. The third-order valence-corrected chi connectivity index (χ3v) is 18.0. The van der Waals surface area contributed by atoms with Crippen molar-refractivity contribution < 1.29 is 62.8 Å². The third-order valence-electron chi connectivity index (χ3n) is 18.0. The van der Waals surface area contributed by atoms with Gasteiger partial charge >= 0.3 is 42.0 Å². The van der Waals surface area contributed by atoms with Crippen LogP contribution in [0, 0.1) is 35.5 Å². The lowest BCUT2D eigenvalue weighted by Gasteiger charge is -2.25. The number of nitrogen functional groups attached to an aromatic ring is 1. The zero-order valence-electron chi connectivity index (χ0n) is 63.0. The number of anilines is 3. The second-order valence-electron chi connectivity index (χ2n) is 29.8. The molecule has 0 aliphatic carbocycles. The monoisotopic (exact) mass is 1370 g/mol. The summed E-state index contributed by atoms with van der Waals surface area (Å²) in [6.45, 7) is 50.6. The molecule has 6 aromatic rings. The number of rotatable bonds is 21. The first kappa shape index (κ1) is 85.3. The normalized spacial score (nSPS) is 11.9. The molecule has 7 rings (SSSR count). The molecule has 5 N–H and O–H groups in total. The number of nitrogens with two attached hydrogens (primary N) is 1. The predicted molar refractivity (Wildman–Crippen MR) is 401 cm³/mol. The fraction of sp³-hybridized carbons (Fsp3) is 0.476. The molecule has 100 heavy (non-hydrogen) atoms. The number of carboxylic acids is 2. The van der Waals surface area contributed by atoms with Gasteiger partial charge < -0.3 is 35.0 Å². The highest BCUT2D eigenvalue weighted by Gasteiger charge is 2.33. The van der Waals surface area contributed by atoms with E-state index in [-0.39, 0.29) is 53.4 Å². The molecule has 544 valence electrons. The number of esters is 4. The Morgan fingerprint density at radius 3 is 0.870 bits per heavy atom. The highest BCUT2D eigenvalue weighted by Crippen LogP contribution is 2.38. The van der Waals surface area contributed by atoms with Crippen LogP contribution in [0.15, 0.2) is 109 Å². The van der Waals surface area contributed by atoms with Gasteiger partial charge in [0, 0.05) is 22.6 Å².